The Bertz CT molecular complexity index is 415. The third-order valence-corrected chi connectivity index (χ3v) is 4.13. The lowest BCUT2D eigenvalue weighted by molar-refractivity contribution is 0.421. The molecule has 1 aromatic rings. The molecular weight excluding hydrogens is 196 g/mol. The van der Waals surface area contributed by atoms with E-state index in [4.69, 9.17) is 6.57 Å². The summed E-state index contributed by atoms with van der Waals surface area (Å²) >= 11 is 0. The van der Waals surface area contributed by atoms with Gasteiger partial charge in [-0.3, -0.25) is 0 Å². The van der Waals surface area contributed by atoms with Crippen LogP contribution < -0.4 is 5.32 Å². The van der Waals surface area contributed by atoms with Crippen molar-refractivity contribution in [1.29, 1.82) is 0 Å². The molecule has 1 heterocycles. The van der Waals surface area contributed by atoms with Gasteiger partial charge >= 0.3 is 0 Å². The van der Waals surface area contributed by atoms with Crippen LogP contribution in [-0.4, -0.2) is 6.54 Å². The highest BCUT2D eigenvalue weighted by atomic mass is 15.0. The van der Waals surface area contributed by atoms with E-state index in [9.17, 15) is 0 Å². The van der Waals surface area contributed by atoms with Crippen LogP contribution in [0.2, 0.25) is 0 Å². The first-order valence-corrected chi connectivity index (χ1v) is 6.09. The van der Waals surface area contributed by atoms with Crippen LogP contribution in [0.3, 0.4) is 0 Å². The molecule has 1 N–H and O–H groups in total. The van der Waals surface area contributed by atoms with Crippen molar-refractivity contribution in [2.75, 3.05) is 6.54 Å². The number of hydrogen-bond acceptors (Lipinski definition) is 1. The van der Waals surface area contributed by atoms with Crippen molar-refractivity contribution in [2.24, 2.45) is 11.8 Å². The predicted molar refractivity (Wildman–Crippen MR) is 64.3 cm³/mol. The van der Waals surface area contributed by atoms with Crippen LogP contribution in [0.5, 0.6) is 0 Å². The van der Waals surface area contributed by atoms with Gasteiger partial charge in [0.15, 0.2) is 5.69 Å². The van der Waals surface area contributed by atoms with Crippen LogP contribution in [-0.2, 0) is 0 Å². The normalized spacial score (nSPS) is 32.3. The zero-order valence-electron chi connectivity index (χ0n) is 9.32. The van der Waals surface area contributed by atoms with E-state index in [0.717, 1.165) is 17.5 Å². The van der Waals surface area contributed by atoms with Crippen LogP contribution in [0.15, 0.2) is 24.3 Å². The third kappa shape index (κ3) is 1.52. The summed E-state index contributed by atoms with van der Waals surface area (Å²) < 4.78 is 0. The fourth-order valence-electron chi connectivity index (χ4n) is 3.31. The van der Waals surface area contributed by atoms with Crippen molar-refractivity contribution in [1.82, 2.24) is 5.32 Å². The van der Waals surface area contributed by atoms with Gasteiger partial charge in [0.25, 0.3) is 0 Å². The van der Waals surface area contributed by atoms with Crippen molar-refractivity contribution in [3.63, 3.8) is 0 Å². The van der Waals surface area contributed by atoms with E-state index < -0.39 is 0 Å². The maximum absolute atomic E-state index is 6.95. The number of nitrogens with one attached hydrogen (secondary N) is 1. The Morgan fingerprint density at radius 1 is 1.19 bits per heavy atom. The van der Waals surface area contributed by atoms with Gasteiger partial charge in [0.1, 0.15) is 0 Å². The average Bonchev–Trinajstić information content (AvgIpc) is 2.91. The molecule has 1 aliphatic heterocycles. The van der Waals surface area contributed by atoms with Gasteiger partial charge in [0.05, 0.1) is 6.57 Å². The molecule has 2 heteroatoms. The highest BCUT2D eigenvalue weighted by molar-refractivity contribution is 5.46. The summed E-state index contributed by atoms with van der Waals surface area (Å²) in [6.07, 6.45) is 4.16. The molecule has 1 saturated carbocycles. The van der Waals surface area contributed by atoms with Crippen LogP contribution >= 0.6 is 0 Å². The summed E-state index contributed by atoms with van der Waals surface area (Å²) in [5.41, 5.74) is 2.10. The molecule has 0 radical (unpaired) electrons. The van der Waals surface area contributed by atoms with Gasteiger partial charge in [-0.1, -0.05) is 30.7 Å². The van der Waals surface area contributed by atoms with Crippen LogP contribution in [0.4, 0.5) is 5.69 Å². The molecule has 0 spiro atoms. The van der Waals surface area contributed by atoms with Crippen LogP contribution in [0, 0.1) is 18.4 Å². The average molecular weight is 212 g/mol. The summed E-state index contributed by atoms with van der Waals surface area (Å²) in [4.78, 5) is 3.43. The van der Waals surface area contributed by atoms with Crippen LogP contribution in [0.25, 0.3) is 4.85 Å². The summed E-state index contributed by atoms with van der Waals surface area (Å²) in [6, 6.07) is 8.64. The monoisotopic (exact) mass is 212 g/mol. The molecule has 2 fully saturated rings. The zero-order chi connectivity index (χ0) is 11.0. The first-order chi connectivity index (χ1) is 7.88. The van der Waals surface area contributed by atoms with Gasteiger partial charge in [-0.2, -0.15) is 0 Å². The molecule has 0 bridgehead atoms. The van der Waals surface area contributed by atoms with E-state index in [1.54, 1.807) is 0 Å². The van der Waals surface area contributed by atoms with E-state index in [0.29, 0.717) is 6.04 Å². The summed E-state index contributed by atoms with van der Waals surface area (Å²) in [6.45, 7) is 8.13. The van der Waals surface area contributed by atoms with Crippen LogP contribution in [0.1, 0.15) is 30.9 Å². The second-order valence-electron chi connectivity index (χ2n) is 4.94. The Morgan fingerprint density at radius 2 is 2.00 bits per heavy atom. The zero-order valence-corrected chi connectivity index (χ0v) is 9.32. The fourth-order valence-corrected chi connectivity index (χ4v) is 3.31. The lowest BCUT2D eigenvalue weighted by Gasteiger charge is -2.18. The standard InChI is InChI=1S/C14H16N2/c1-15-12-7-5-10(6-8-12)14-13-4-2-3-11(13)9-16-14/h5-8,11,13-14,16H,2-4,9H2/t11-,13?,14?/m0/s1. The van der Waals surface area contributed by atoms with Crippen molar-refractivity contribution in [3.05, 3.63) is 41.2 Å². The molecular formula is C14H16N2. The number of nitrogens with zero attached hydrogens (tertiary/aromatic N) is 1. The Kier molecular flexibility index (Phi) is 2.41. The molecule has 82 valence electrons. The first kappa shape index (κ1) is 9.86. The molecule has 2 unspecified atom stereocenters. The van der Waals surface area contributed by atoms with Crippen molar-refractivity contribution >= 4 is 5.69 Å². The van der Waals surface area contributed by atoms with E-state index >= 15 is 0 Å². The second-order valence-corrected chi connectivity index (χ2v) is 4.94. The highest BCUT2D eigenvalue weighted by Crippen LogP contribution is 2.44. The number of hydrogen-bond donors (Lipinski definition) is 1. The van der Waals surface area contributed by atoms with E-state index in [-0.39, 0.29) is 0 Å². The largest absolute Gasteiger partial charge is 0.309 e. The second kappa shape index (κ2) is 3.92. The molecule has 0 aromatic heterocycles. The van der Waals surface area contributed by atoms with E-state index in [1.165, 1.54) is 31.4 Å². The summed E-state index contributed by atoms with van der Waals surface area (Å²) in [7, 11) is 0. The van der Waals surface area contributed by atoms with Gasteiger partial charge in [-0.05, 0) is 36.8 Å². The maximum atomic E-state index is 6.95. The third-order valence-electron chi connectivity index (χ3n) is 4.13. The van der Waals surface area contributed by atoms with Gasteiger partial charge in [-0.15, -0.1) is 0 Å². The van der Waals surface area contributed by atoms with E-state index in [1.807, 2.05) is 12.1 Å². The van der Waals surface area contributed by atoms with E-state index in [2.05, 4.69) is 22.3 Å². The molecule has 3 atom stereocenters. The van der Waals surface area contributed by atoms with Gasteiger partial charge in [-0.25, -0.2) is 4.85 Å². The molecule has 1 aromatic carbocycles. The number of fused-ring (bicyclic) bond motifs is 1. The minimum Gasteiger partial charge on any atom is -0.309 e. The topological polar surface area (TPSA) is 16.4 Å². The molecule has 1 aliphatic carbocycles. The molecule has 2 nitrogen and oxygen atoms in total. The molecule has 1 saturated heterocycles. The number of rotatable bonds is 1. The Hall–Kier alpha value is -1.33. The molecule has 3 rings (SSSR count). The minimum atomic E-state index is 0.535. The quantitative estimate of drug-likeness (QED) is 0.706. The number of benzene rings is 1. The SMILES string of the molecule is [C-]#[N+]c1ccc(C2NC[C@@H]3CCCC23)cc1. The van der Waals surface area contributed by atoms with Crippen molar-refractivity contribution in [2.45, 2.75) is 25.3 Å². The summed E-state index contributed by atoms with van der Waals surface area (Å²) in [5, 5.41) is 3.63. The predicted octanol–water partition coefficient (Wildman–Crippen LogP) is 3.30. The lowest BCUT2D eigenvalue weighted by Crippen LogP contribution is -2.17. The first-order valence-electron chi connectivity index (χ1n) is 6.09. The Labute approximate surface area is 96.5 Å². The molecule has 16 heavy (non-hydrogen) atoms. The van der Waals surface area contributed by atoms with Crippen molar-refractivity contribution in [3.8, 4) is 0 Å². The molecule has 2 aliphatic rings. The maximum Gasteiger partial charge on any atom is 0.187 e. The Balaban J connectivity index is 1.84. The lowest BCUT2D eigenvalue weighted by atomic mass is 9.90. The fraction of sp³-hybridized carbons (Fsp3) is 0.500. The minimum absolute atomic E-state index is 0.535. The van der Waals surface area contributed by atoms with Gasteiger partial charge in [0.2, 0.25) is 0 Å². The molecule has 0 amide bonds. The Morgan fingerprint density at radius 3 is 2.75 bits per heavy atom. The smallest absolute Gasteiger partial charge is 0.187 e. The van der Waals surface area contributed by atoms with Gasteiger partial charge in [0, 0.05) is 6.04 Å². The summed E-state index contributed by atoms with van der Waals surface area (Å²) in [5.74, 6) is 1.73. The highest BCUT2D eigenvalue weighted by Gasteiger charge is 2.39. The van der Waals surface area contributed by atoms with Gasteiger partial charge < -0.3 is 5.32 Å². The van der Waals surface area contributed by atoms with Crippen molar-refractivity contribution < 1.29 is 0 Å².